The highest BCUT2D eigenvalue weighted by Crippen LogP contribution is 2.33. The molecule has 1 fully saturated rings. The van der Waals surface area contributed by atoms with Gasteiger partial charge in [0.05, 0.1) is 12.0 Å². The Bertz CT molecular complexity index is 424. The number of carbonyl (C=O) groups is 3. The summed E-state index contributed by atoms with van der Waals surface area (Å²) in [5, 5.41) is 14.0. The van der Waals surface area contributed by atoms with Gasteiger partial charge in [0.25, 0.3) is 0 Å². The Morgan fingerprint density at radius 3 is 2.71 bits per heavy atom. The molecule has 7 heteroatoms. The van der Waals surface area contributed by atoms with Crippen LogP contribution in [-0.4, -0.2) is 54.1 Å². The number of urea groups is 1. The Morgan fingerprint density at radius 2 is 2.14 bits per heavy atom. The lowest BCUT2D eigenvalue weighted by Crippen LogP contribution is -2.51. The molecule has 118 valence electrons. The third kappa shape index (κ3) is 4.86. The summed E-state index contributed by atoms with van der Waals surface area (Å²) in [7, 11) is 0. The molecule has 0 aromatic heterocycles. The van der Waals surface area contributed by atoms with Crippen molar-refractivity contribution in [3.8, 4) is 0 Å². The summed E-state index contributed by atoms with van der Waals surface area (Å²) in [5.74, 6) is -1.26. The van der Waals surface area contributed by atoms with Crippen LogP contribution in [0.3, 0.4) is 0 Å². The number of piperidine rings is 1. The van der Waals surface area contributed by atoms with Gasteiger partial charge in [0.15, 0.2) is 0 Å². The van der Waals surface area contributed by atoms with Crippen molar-refractivity contribution >= 4 is 17.9 Å². The average molecular weight is 297 g/mol. The summed E-state index contributed by atoms with van der Waals surface area (Å²) in [5.41, 5.74) is -0.788. The van der Waals surface area contributed by atoms with Crippen LogP contribution in [0, 0.1) is 5.41 Å². The fraction of sp³-hybridized carbons (Fsp3) is 0.643. The first-order valence-electron chi connectivity index (χ1n) is 7.08. The molecule has 7 nitrogen and oxygen atoms in total. The standard InChI is InChI=1S/C14H23N3O4/c1-3-7-15-13(21)16-11(18)9-17-8-5-6-14(4-2,10-17)12(19)20/h3H,1,4-10H2,2H3,(H,19,20)(H2,15,16,18,21). The highest BCUT2D eigenvalue weighted by Gasteiger charge is 2.41. The molecule has 1 atom stereocenters. The molecule has 0 spiro atoms. The van der Waals surface area contributed by atoms with E-state index in [9.17, 15) is 19.5 Å². The number of carboxylic acids is 1. The molecule has 0 saturated carbocycles. The molecule has 1 aliphatic heterocycles. The van der Waals surface area contributed by atoms with E-state index >= 15 is 0 Å². The molecule has 3 N–H and O–H groups in total. The minimum atomic E-state index is -0.821. The summed E-state index contributed by atoms with van der Waals surface area (Å²) in [6.45, 7) is 6.60. The van der Waals surface area contributed by atoms with Crippen LogP contribution in [0.2, 0.25) is 0 Å². The number of imide groups is 1. The Balaban J connectivity index is 2.50. The molecule has 1 heterocycles. The molecule has 1 aliphatic rings. The molecule has 0 aromatic rings. The number of aliphatic carboxylic acids is 1. The van der Waals surface area contributed by atoms with Crippen molar-refractivity contribution in [3.05, 3.63) is 12.7 Å². The van der Waals surface area contributed by atoms with Gasteiger partial charge in [-0.3, -0.25) is 19.8 Å². The van der Waals surface area contributed by atoms with Crippen molar-refractivity contribution in [2.24, 2.45) is 5.41 Å². The van der Waals surface area contributed by atoms with Crippen molar-refractivity contribution in [2.75, 3.05) is 26.2 Å². The summed E-state index contributed by atoms with van der Waals surface area (Å²) < 4.78 is 0. The van der Waals surface area contributed by atoms with E-state index in [4.69, 9.17) is 0 Å². The van der Waals surface area contributed by atoms with Gasteiger partial charge in [-0.2, -0.15) is 0 Å². The fourth-order valence-corrected chi connectivity index (χ4v) is 2.55. The number of amides is 3. The van der Waals surface area contributed by atoms with Gasteiger partial charge in [0, 0.05) is 13.1 Å². The lowest BCUT2D eigenvalue weighted by atomic mass is 9.77. The minimum absolute atomic E-state index is 0.0243. The van der Waals surface area contributed by atoms with E-state index in [1.807, 2.05) is 6.92 Å². The van der Waals surface area contributed by atoms with Gasteiger partial charge in [0.2, 0.25) is 5.91 Å². The van der Waals surface area contributed by atoms with Crippen molar-refractivity contribution in [1.29, 1.82) is 0 Å². The summed E-state index contributed by atoms with van der Waals surface area (Å²) >= 11 is 0. The third-order valence-corrected chi connectivity index (χ3v) is 3.81. The van der Waals surface area contributed by atoms with Crippen LogP contribution in [0.25, 0.3) is 0 Å². The van der Waals surface area contributed by atoms with Gasteiger partial charge < -0.3 is 10.4 Å². The smallest absolute Gasteiger partial charge is 0.321 e. The van der Waals surface area contributed by atoms with Crippen molar-refractivity contribution < 1.29 is 19.5 Å². The third-order valence-electron chi connectivity index (χ3n) is 3.81. The number of carboxylic acid groups (broad SMARTS) is 1. The number of carbonyl (C=O) groups excluding carboxylic acids is 2. The quantitative estimate of drug-likeness (QED) is 0.623. The van der Waals surface area contributed by atoms with E-state index in [1.165, 1.54) is 6.08 Å². The normalized spacial score (nSPS) is 22.3. The van der Waals surface area contributed by atoms with Crippen LogP contribution in [0.4, 0.5) is 4.79 Å². The Kier molecular flexibility index (Phi) is 6.36. The molecular weight excluding hydrogens is 274 g/mol. The molecule has 3 amide bonds. The molecule has 21 heavy (non-hydrogen) atoms. The number of likely N-dealkylation sites (tertiary alicyclic amines) is 1. The predicted octanol–water partition coefficient (Wildman–Crippen LogP) is 0.575. The number of hydrogen-bond acceptors (Lipinski definition) is 4. The van der Waals surface area contributed by atoms with Crippen LogP contribution in [0.15, 0.2) is 12.7 Å². The Hall–Kier alpha value is -1.89. The van der Waals surface area contributed by atoms with E-state index < -0.39 is 23.3 Å². The van der Waals surface area contributed by atoms with E-state index in [-0.39, 0.29) is 13.1 Å². The zero-order chi connectivity index (χ0) is 15.9. The maximum absolute atomic E-state index is 11.8. The van der Waals surface area contributed by atoms with Crippen molar-refractivity contribution in [2.45, 2.75) is 26.2 Å². The Labute approximate surface area is 124 Å². The SMILES string of the molecule is C=CCNC(=O)NC(=O)CN1CCCC(CC)(C(=O)O)C1. The van der Waals surface area contributed by atoms with Gasteiger partial charge in [-0.1, -0.05) is 13.0 Å². The van der Waals surface area contributed by atoms with Crippen LogP contribution < -0.4 is 10.6 Å². The molecular formula is C14H23N3O4. The fourth-order valence-electron chi connectivity index (χ4n) is 2.55. The van der Waals surface area contributed by atoms with Gasteiger partial charge >= 0.3 is 12.0 Å². The highest BCUT2D eigenvalue weighted by atomic mass is 16.4. The monoisotopic (exact) mass is 297 g/mol. The van der Waals surface area contributed by atoms with Gasteiger partial charge in [-0.05, 0) is 25.8 Å². The average Bonchev–Trinajstić information content (AvgIpc) is 2.44. The van der Waals surface area contributed by atoms with Crippen LogP contribution in [0.1, 0.15) is 26.2 Å². The maximum atomic E-state index is 11.8. The van der Waals surface area contributed by atoms with Gasteiger partial charge in [0.1, 0.15) is 0 Å². The van der Waals surface area contributed by atoms with E-state index in [0.29, 0.717) is 25.9 Å². The summed E-state index contributed by atoms with van der Waals surface area (Å²) in [4.78, 5) is 36.3. The molecule has 0 aromatic carbocycles. The van der Waals surface area contributed by atoms with Gasteiger partial charge in [-0.15, -0.1) is 6.58 Å². The molecule has 0 radical (unpaired) electrons. The first kappa shape index (κ1) is 17.2. The second kappa shape index (κ2) is 7.78. The topological polar surface area (TPSA) is 98.7 Å². The zero-order valence-corrected chi connectivity index (χ0v) is 12.4. The first-order valence-corrected chi connectivity index (χ1v) is 7.08. The highest BCUT2D eigenvalue weighted by molar-refractivity contribution is 5.95. The van der Waals surface area contributed by atoms with Crippen LogP contribution in [0.5, 0.6) is 0 Å². The second-order valence-corrected chi connectivity index (χ2v) is 5.30. The van der Waals surface area contributed by atoms with E-state index in [2.05, 4.69) is 17.2 Å². The van der Waals surface area contributed by atoms with Crippen LogP contribution in [-0.2, 0) is 9.59 Å². The molecule has 1 rings (SSSR count). The maximum Gasteiger partial charge on any atom is 0.321 e. The number of nitrogens with one attached hydrogen (secondary N) is 2. The molecule has 0 aliphatic carbocycles. The zero-order valence-electron chi connectivity index (χ0n) is 12.4. The van der Waals surface area contributed by atoms with Crippen molar-refractivity contribution in [1.82, 2.24) is 15.5 Å². The predicted molar refractivity (Wildman–Crippen MR) is 77.8 cm³/mol. The van der Waals surface area contributed by atoms with Crippen LogP contribution >= 0.6 is 0 Å². The minimum Gasteiger partial charge on any atom is -0.481 e. The lowest BCUT2D eigenvalue weighted by Gasteiger charge is -2.39. The van der Waals surface area contributed by atoms with Gasteiger partial charge in [-0.25, -0.2) is 4.79 Å². The Morgan fingerprint density at radius 1 is 1.43 bits per heavy atom. The van der Waals surface area contributed by atoms with E-state index in [1.54, 1.807) is 4.90 Å². The second-order valence-electron chi connectivity index (χ2n) is 5.30. The summed E-state index contributed by atoms with van der Waals surface area (Å²) in [6, 6.07) is -0.572. The first-order chi connectivity index (χ1) is 9.93. The molecule has 1 saturated heterocycles. The molecule has 0 bridgehead atoms. The number of hydrogen-bond donors (Lipinski definition) is 3. The van der Waals surface area contributed by atoms with Crippen molar-refractivity contribution in [3.63, 3.8) is 0 Å². The van der Waals surface area contributed by atoms with E-state index in [0.717, 1.165) is 6.42 Å². The lowest BCUT2D eigenvalue weighted by molar-refractivity contribution is -0.153. The number of rotatable bonds is 6. The summed E-state index contributed by atoms with van der Waals surface area (Å²) in [6.07, 6.45) is 3.39. The largest absolute Gasteiger partial charge is 0.481 e. The number of nitrogens with zero attached hydrogens (tertiary/aromatic N) is 1. The molecule has 1 unspecified atom stereocenters.